The maximum atomic E-state index is 4.25. The Morgan fingerprint density at radius 3 is 2.31 bits per heavy atom. The molecule has 0 amide bonds. The minimum absolute atomic E-state index is 0.255. The van der Waals surface area contributed by atoms with Gasteiger partial charge in [0, 0.05) is 12.7 Å². The molecule has 1 aromatic rings. The molecule has 1 rings (SSSR count). The van der Waals surface area contributed by atoms with Crippen molar-refractivity contribution >= 4 is 0 Å². The molecular weight excluding hydrogens is 198 g/mol. The van der Waals surface area contributed by atoms with Gasteiger partial charge in [-0.05, 0) is 17.3 Å². The molecule has 1 heterocycles. The fraction of sp³-hybridized carbons (Fsp3) is 0.846. The van der Waals surface area contributed by atoms with Crippen LogP contribution in [0.4, 0.5) is 0 Å². The summed E-state index contributed by atoms with van der Waals surface area (Å²) >= 11 is 0. The smallest absolute Gasteiger partial charge is 0.0832 e. The molecule has 0 atom stereocenters. The maximum absolute atomic E-state index is 4.25. The minimum Gasteiger partial charge on any atom is -0.252 e. The Bertz CT molecular complexity index is 331. The molecule has 3 heteroatoms. The third-order valence-corrected chi connectivity index (χ3v) is 2.84. The Morgan fingerprint density at radius 2 is 1.81 bits per heavy atom. The van der Waals surface area contributed by atoms with Gasteiger partial charge < -0.3 is 0 Å². The molecule has 0 saturated carbocycles. The van der Waals surface area contributed by atoms with Gasteiger partial charge in [-0.3, -0.25) is 4.68 Å². The zero-order valence-electron chi connectivity index (χ0n) is 11.5. The van der Waals surface area contributed by atoms with Crippen molar-refractivity contribution in [3.05, 3.63) is 11.9 Å². The lowest BCUT2D eigenvalue weighted by Gasteiger charge is -2.20. The molecule has 0 bridgehead atoms. The van der Waals surface area contributed by atoms with Crippen molar-refractivity contribution in [3.63, 3.8) is 0 Å². The van der Waals surface area contributed by atoms with Crippen molar-refractivity contribution in [2.75, 3.05) is 0 Å². The van der Waals surface area contributed by atoms with Crippen LogP contribution in [0.25, 0.3) is 0 Å². The Balaban J connectivity index is 2.65. The largest absolute Gasteiger partial charge is 0.252 e. The average Bonchev–Trinajstić information content (AvgIpc) is 2.48. The van der Waals surface area contributed by atoms with Crippen LogP contribution < -0.4 is 0 Å². The molecule has 0 fully saturated rings. The van der Waals surface area contributed by atoms with Crippen LogP contribution in [0.5, 0.6) is 0 Å². The monoisotopic (exact) mass is 223 g/mol. The zero-order valence-corrected chi connectivity index (χ0v) is 11.5. The highest BCUT2D eigenvalue weighted by atomic mass is 15.4. The minimum atomic E-state index is 0.255. The second-order valence-corrected chi connectivity index (χ2v) is 6.66. The van der Waals surface area contributed by atoms with E-state index in [4.69, 9.17) is 0 Å². The van der Waals surface area contributed by atoms with Gasteiger partial charge in [0.1, 0.15) is 0 Å². The molecule has 0 aliphatic carbocycles. The molecule has 0 spiro atoms. The predicted octanol–water partition coefficient (Wildman–Crippen LogP) is 3.30. The van der Waals surface area contributed by atoms with E-state index in [0.717, 1.165) is 18.7 Å². The van der Waals surface area contributed by atoms with Crippen molar-refractivity contribution in [2.45, 2.75) is 60.9 Å². The van der Waals surface area contributed by atoms with E-state index in [1.165, 1.54) is 6.42 Å². The summed E-state index contributed by atoms with van der Waals surface area (Å²) in [6.45, 7) is 14.3. The SMILES string of the molecule is CCC(C)(C)Cc1cn(CC(C)(C)C)nn1. The van der Waals surface area contributed by atoms with E-state index >= 15 is 0 Å². The molecule has 92 valence electrons. The first kappa shape index (κ1) is 13.2. The Morgan fingerprint density at radius 1 is 1.19 bits per heavy atom. The number of hydrogen-bond donors (Lipinski definition) is 0. The molecule has 1 aromatic heterocycles. The van der Waals surface area contributed by atoms with Gasteiger partial charge in [-0.25, -0.2) is 0 Å². The van der Waals surface area contributed by atoms with Crippen LogP contribution in [0.2, 0.25) is 0 Å². The topological polar surface area (TPSA) is 30.7 Å². The van der Waals surface area contributed by atoms with E-state index in [1.807, 2.05) is 4.68 Å². The molecule has 0 unspecified atom stereocenters. The summed E-state index contributed by atoms with van der Waals surface area (Å²) < 4.78 is 1.96. The highest BCUT2D eigenvalue weighted by Gasteiger charge is 2.19. The van der Waals surface area contributed by atoms with Crippen LogP contribution in [-0.4, -0.2) is 15.0 Å². The second kappa shape index (κ2) is 4.56. The fourth-order valence-electron chi connectivity index (χ4n) is 1.60. The Hall–Kier alpha value is -0.860. The van der Waals surface area contributed by atoms with E-state index in [9.17, 15) is 0 Å². The van der Waals surface area contributed by atoms with Gasteiger partial charge in [0.05, 0.1) is 5.69 Å². The van der Waals surface area contributed by atoms with E-state index in [1.54, 1.807) is 0 Å². The van der Waals surface area contributed by atoms with Gasteiger partial charge in [0.2, 0.25) is 0 Å². The van der Waals surface area contributed by atoms with Gasteiger partial charge in [0.15, 0.2) is 0 Å². The van der Waals surface area contributed by atoms with Crippen LogP contribution in [-0.2, 0) is 13.0 Å². The molecule has 0 N–H and O–H groups in total. The molecule has 0 aliphatic heterocycles. The first-order valence-electron chi connectivity index (χ1n) is 6.11. The van der Waals surface area contributed by atoms with Crippen molar-refractivity contribution in [1.29, 1.82) is 0 Å². The Labute approximate surface area is 99.2 Å². The van der Waals surface area contributed by atoms with Gasteiger partial charge in [-0.1, -0.05) is 53.2 Å². The summed E-state index contributed by atoms with van der Waals surface area (Å²) in [5.74, 6) is 0. The van der Waals surface area contributed by atoms with Crippen molar-refractivity contribution in [3.8, 4) is 0 Å². The number of hydrogen-bond acceptors (Lipinski definition) is 2. The lowest BCUT2D eigenvalue weighted by atomic mass is 9.85. The summed E-state index contributed by atoms with van der Waals surface area (Å²) in [7, 11) is 0. The molecular formula is C13H25N3. The van der Waals surface area contributed by atoms with E-state index in [-0.39, 0.29) is 5.41 Å². The number of aromatic nitrogens is 3. The van der Waals surface area contributed by atoms with Crippen LogP contribution in [0.1, 0.15) is 53.7 Å². The third kappa shape index (κ3) is 4.33. The standard InChI is InChI=1S/C13H25N3/c1-7-13(5,6)8-11-9-16(15-14-11)10-12(2,3)4/h9H,7-8,10H2,1-6H3. The van der Waals surface area contributed by atoms with E-state index in [2.05, 4.69) is 58.1 Å². The van der Waals surface area contributed by atoms with Crippen molar-refractivity contribution in [1.82, 2.24) is 15.0 Å². The molecule has 16 heavy (non-hydrogen) atoms. The summed E-state index contributed by atoms with van der Waals surface area (Å²) in [6, 6.07) is 0. The van der Waals surface area contributed by atoms with Gasteiger partial charge in [-0.2, -0.15) is 0 Å². The summed E-state index contributed by atoms with van der Waals surface area (Å²) in [5, 5.41) is 8.43. The van der Waals surface area contributed by atoms with E-state index in [0.29, 0.717) is 5.41 Å². The Kier molecular flexibility index (Phi) is 3.76. The van der Waals surface area contributed by atoms with Gasteiger partial charge >= 0.3 is 0 Å². The van der Waals surface area contributed by atoms with E-state index < -0.39 is 0 Å². The van der Waals surface area contributed by atoms with Crippen LogP contribution in [0.3, 0.4) is 0 Å². The van der Waals surface area contributed by atoms with Gasteiger partial charge in [0.25, 0.3) is 0 Å². The lowest BCUT2D eigenvalue weighted by molar-refractivity contribution is 0.321. The molecule has 0 saturated heterocycles. The quantitative estimate of drug-likeness (QED) is 0.784. The van der Waals surface area contributed by atoms with Crippen LogP contribution >= 0.6 is 0 Å². The van der Waals surface area contributed by atoms with Crippen LogP contribution in [0.15, 0.2) is 6.20 Å². The lowest BCUT2D eigenvalue weighted by Crippen LogP contribution is -2.16. The summed E-state index contributed by atoms with van der Waals surface area (Å²) in [6.07, 6.45) is 4.26. The van der Waals surface area contributed by atoms with Crippen molar-refractivity contribution in [2.24, 2.45) is 10.8 Å². The molecule has 0 radical (unpaired) electrons. The van der Waals surface area contributed by atoms with Crippen LogP contribution in [0, 0.1) is 10.8 Å². The first-order chi connectivity index (χ1) is 7.22. The average molecular weight is 223 g/mol. The molecule has 3 nitrogen and oxygen atoms in total. The summed E-state index contributed by atoms with van der Waals surface area (Å²) in [4.78, 5) is 0. The second-order valence-electron chi connectivity index (χ2n) is 6.66. The normalized spacial score (nSPS) is 13.1. The zero-order chi connectivity index (χ0) is 12.4. The van der Waals surface area contributed by atoms with Gasteiger partial charge in [-0.15, -0.1) is 5.10 Å². The highest BCUT2D eigenvalue weighted by Crippen LogP contribution is 2.24. The van der Waals surface area contributed by atoms with Crippen molar-refractivity contribution < 1.29 is 0 Å². The molecule has 0 aromatic carbocycles. The predicted molar refractivity (Wildman–Crippen MR) is 67.3 cm³/mol. The summed E-state index contributed by atoms with van der Waals surface area (Å²) in [5.41, 5.74) is 1.68. The fourth-order valence-corrected chi connectivity index (χ4v) is 1.60. The highest BCUT2D eigenvalue weighted by molar-refractivity contribution is 4.96. The third-order valence-electron chi connectivity index (χ3n) is 2.84. The molecule has 0 aliphatic rings. The first-order valence-corrected chi connectivity index (χ1v) is 6.11. The number of nitrogens with zero attached hydrogens (tertiary/aromatic N) is 3. The maximum Gasteiger partial charge on any atom is 0.0832 e. The number of rotatable bonds is 4.